The van der Waals surface area contributed by atoms with Gasteiger partial charge in [0.2, 0.25) is 0 Å². The molecule has 0 atom stereocenters. The second kappa shape index (κ2) is 8.36. The van der Waals surface area contributed by atoms with Crippen molar-refractivity contribution in [1.82, 2.24) is 0 Å². The van der Waals surface area contributed by atoms with Crippen LogP contribution in [0.2, 0.25) is 0 Å². The molecule has 0 bridgehead atoms. The van der Waals surface area contributed by atoms with E-state index in [9.17, 15) is 4.79 Å². The van der Waals surface area contributed by atoms with Gasteiger partial charge in [0.15, 0.2) is 5.78 Å². The highest BCUT2D eigenvalue weighted by Crippen LogP contribution is 2.38. The van der Waals surface area contributed by atoms with Crippen LogP contribution >= 0.6 is 0 Å². The van der Waals surface area contributed by atoms with Gasteiger partial charge in [0, 0.05) is 33.4 Å². The molecule has 0 N–H and O–H groups in total. The Morgan fingerprint density at radius 1 is 0.600 bits per heavy atom. The lowest BCUT2D eigenvalue weighted by atomic mass is 9.84. The molecule has 4 aromatic carbocycles. The van der Waals surface area contributed by atoms with Gasteiger partial charge in [-0.1, -0.05) is 72.5 Å². The summed E-state index contributed by atoms with van der Waals surface area (Å²) in [5.41, 5.74) is 6.31. The van der Waals surface area contributed by atoms with Gasteiger partial charge in [-0.25, -0.2) is 0 Å². The quantitative estimate of drug-likeness (QED) is 0.303. The van der Waals surface area contributed by atoms with Crippen molar-refractivity contribution in [3.63, 3.8) is 0 Å². The molecular formula is C29H18O. The molecule has 0 radical (unpaired) electrons. The average Bonchev–Trinajstić information content (AvgIpc) is 2.83. The SMILES string of the molecule is C#Cc1ccc(C(=O)c2ccc(C#C)c(-c3ccccc3)c2-c2ccccc2)cc1. The van der Waals surface area contributed by atoms with E-state index >= 15 is 0 Å². The van der Waals surface area contributed by atoms with Gasteiger partial charge in [-0.05, 0) is 47.5 Å². The number of carbonyl (C=O) groups is 1. The molecule has 0 saturated carbocycles. The predicted octanol–water partition coefficient (Wildman–Crippen LogP) is 6.21. The molecular weight excluding hydrogens is 364 g/mol. The molecule has 0 spiro atoms. The Labute approximate surface area is 177 Å². The van der Waals surface area contributed by atoms with Crippen LogP contribution in [0.15, 0.2) is 97.1 Å². The van der Waals surface area contributed by atoms with E-state index in [2.05, 4.69) is 11.8 Å². The highest BCUT2D eigenvalue weighted by Gasteiger charge is 2.21. The maximum Gasteiger partial charge on any atom is 0.193 e. The summed E-state index contributed by atoms with van der Waals surface area (Å²) in [5, 5.41) is 0. The highest BCUT2D eigenvalue weighted by atomic mass is 16.1. The fraction of sp³-hybridized carbons (Fsp3) is 0. The summed E-state index contributed by atoms with van der Waals surface area (Å²) in [7, 11) is 0. The Morgan fingerprint density at radius 2 is 1.17 bits per heavy atom. The zero-order valence-corrected chi connectivity index (χ0v) is 16.3. The second-order valence-electron chi connectivity index (χ2n) is 6.84. The summed E-state index contributed by atoms with van der Waals surface area (Å²) < 4.78 is 0. The third-order valence-corrected chi connectivity index (χ3v) is 5.04. The van der Waals surface area contributed by atoms with Gasteiger partial charge in [-0.2, -0.15) is 0 Å². The Balaban J connectivity index is 2.01. The number of rotatable bonds is 4. The smallest absolute Gasteiger partial charge is 0.193 e. The molecule has 4 aromatic rings. The van der Waals surface area contributed by atoms with Crippen LogP contribution in [-0.2, 0) is 0 Å². The first-order valence-corrected chi connectivity index (χ1v) is 9.58. The van der Waals surface area contributed by atoms with Crippen LogP contribution in [0.3, 0.4) is 0 Å². The topological polar surface area (TPSA) is 17.1 Å². The summed E-state index contributed by atoms with van der Waals surface area (Å²) in [6, 6.07) is 30.6. The third kappa shape index (κ3) is 3.53. The van der Waals surface area contributed by atoms with E-state index in [-0.39, 0.29) is 5.78 Å². The van der Waals surface area contributed by atoms with Crippen molar-refractivity contribution in [3.05, 3.63) is 119 Å². The van der Waals surface area contributed by atoms with E-state index in [0.29, 0.717) is 11.1 Å². The van der Waals surface area contributed by atoms with Gasteiger partial charge in [-0.3, -0.25) is 4.79 Å². The van der Waals surface area contributed by atoms with Crippen molar-refractivity contribution < 1.29 is 4.79 Å². The van der Waals surface area contributed by atoms with E-state index in [1.54, 1.807) is 24.3 Å². The Bertz CT molecular complexity index is 1280. The molecule has 1 nitrogen and oxygen atoms in total. The minimum Gasteiger partial charge on any atom is -0.289 e. The van der Waals surface area contributed by atoms with Crippen molar-refractivity contribution in [2.45, 2.75) is 0 Å². The zero-order chi connectivity index (χ0) is 20.9. The van der Waals surface area contributed by atoms with E-state index < -0.39 is 0 Å². The van der Waals surface area contributed by atoms with Crippen LogP contribution in [0.4, 0.5) is 0 Å². The minimum atomic E-state index is -0.0711. The molecule has 0 unspecified atom stereocenters. The van der Waals surface area contributed by atoms with Crippen LogP contribution in [0.1, 0.15) is 27.0 Å². The maximum absolute atomic E-state index is 13.5. The monoisotopic (exact) mass is 382 g/mol. The number of hydrogen-bond donors (Lipinski definition) is 0. The molecule has 0 heterocycles. The fourth-order valence-electron chi connectivity index (χ4n) is 3.59. The molecule has 30 heavy (non-hydrogen) atoms. The average molecular weight is 382 g/mol. The number of ketones is 1. The molecule has 0 aliphatic heterocycles. The lowest BCUT2D eigenvalue weighted by Gasteiger charge is -2.17. The van der Waals surface area contributed by atoms with Crippen molar-refractivity contribution in [1.29, 1.82) is 0 Å². The van der Waals surface area contributed by atoms with E-state index in [1.807, 2.05) is 72.8 Å². The van der Waals surface area contributed by atoms with Gasteiger partial charge in [0.25, 0.3) is 0 Å². The molecule has 0 aromatic heterocycles. The lowest BCUT2D eigenvalue weighted by molar-refractivity contribution is 0.103. The predicted molar refractivity (Wildman–Crippen MR) is 123 cm³/mol. The minimum absolute atomic E-state index is 0.0711. The van der Waals surface area contributed by atoms with Crippen LogP contribution < -0.4 is 0 Å². The Kier molecular flexibility index (Phi) is 5.29. The van der Waals surface area contributed by atoms with Gasteiger partial charge >= 0.3 is 0 Å². The number of benzene rings is 4. The summed E-state index contributed by atoms with van der Waals surface area (Å²) >= 11 is 0. The van der Waals surface area contributed by atoms with Crippen molar-refractivity contribution >= 4 is 5.78 Å². The molecule has 0 amide bonds. The standard InChI is InChI=1S/C29H18O/c1-3-21-15-17-25(18-16-21)29(30)26-20-19-22(4-2)27(23-11-7-5-8-12-23)28(26)24-13-9-6-10-14-24/h1-2,5-20H. The summed E-state index contributed by atoms with van der Waals surface area (Å²) in [6.07, 6.45) is 11.3. The van der Waals surface area contributed by atoms with E-state index in [0.717, 1.165) is 33.4 Å². The van der Waals surface area contributed by atoms with Crippen LogP contribution in [0, 0.1) is 24.7 Å². The van der Waals surface area contributed by atoms with E-state index in [4.69, 9.17) is 12.8 Å². The van der Waals surface area contributed by atoms with Crippen LogP contribution in [0.25, 0.3) is 22.3 Å². The van der Waals surface area contributed by atoms with Crippen LogP contribution in [-0.4, -0.2) is 5.78 Å². The first-order chi connectivity index (χ1) is 14.7. The first kappa shape index (κ1) is 19.0. The third-order valence-electron chi connectivity index (χ3n) is 5.04. The second-order valence-corrected chi connectivity index (χ2v) is 6.84. The number of terminal acetylenes is 2. The van der Waals surface area contributed by atoms with Gasteiger partial charge < -0.3 is 0 Å². The van der Waals surface area contributed by atoms with Gasteiger partial charge in [0.1, 0.15) is 0 Å². The van der Waals surface area contributed by atoms with Crippen molar-refractivity contribution in [2.75, 3.05) is 0 Å². The Morgan fingerprint density at radius 3 is 1.70 bits per heavy atom. The highest BCUT2D eigenvalue weighted by molar-refractivity contribution is 6.15. The molecule has 140 valence electrons. The van der Waals surface area contributed by atoms with Gasteiger partial charge in [0.05, 0.1) is 0 Å². The number of carbonyl (C=O) groups excluding carboxylic acids is 1. The van der Waals surface area contributed by atoms with Gasteiger partial charge in [-0.15, -0.1) is 12.8 Å². The molecule has 0 aliphatic rings. The summed E-state index contributed by atoms with van der Waals surface area (Å²) in [5.74, 6) is 5.30. The number of hydrogen-bond acceptors (Lipinski definition) is 1. The van der Waals surface area contributed by atoms with Crippen LogP contribution in [0.5, 0.6) is 0 Å². The molecule has 0 saturated heterocycles. The molecule has 1 heteroatoms. The molecule has 0 aliphatic carbocycles. The van der Waals surface area contributed by atoms with Crippen molar-refractivity contribution in [3.8, 4) is 46.9 Å². The molecule has 0 fully saturated rings. The summed E-state index contributed by atoms with van der Waals surface area (Å²) in [6.45, 7) is 0. The first-order valence-electron chi connectivity index (χ1n) is 9.58. The maximum atomic E-state index is 13.5. The van der Waals surface area contributed by atoms with E-state index in [1.165, 1.54) is 0 Å². The molecule has 4 rings (SSSR count). The zero-order valence-electron chi connectivity index (χ0n) is 16.3. The summed E-state index contributed by atoms with van der Waals surface area (Å²) in [4.78, 5) is 13.5. The Hall–Kier alpha value is -4.33. The fourth-order valence-corrected chi connectivity index (χ4v) is 3.59. The normalized spacial score (nSPS) is 10.1. The largest absolute Gasteiger partial charge is 0.289 e. The van der Waals surface area contributed by atoms with Crippen molar-refractivity contribution in [2.24, 2.45) is 0 Å². The lowest BCUT2D eigenvalue weighted by Crippen LogP contribution is -2.06.